The zero-order valence-electron chi connectivity index (χ0n) is 9.13. The third-order valence-corrected chi connectivity index (χ3v) is 2.97. The van der Waals surface area contributed by atoms with E-state index in [1.807, 2.05) is 30.3 Å². The Kier molecular flexibility index (Phi) is 8.40. The summed E-state index contributed by atoms with van der Waals surface area (Å²) in [4.78, 5) is 0. The summed E-state index contributed by atoms with van der Waals surface area (Å²) in [6.07, 6.45) is 0. The van der Waals surface area contributed by atoms with Crippen LogP contribution in [0.1, 0.15) is 5.56 Å². The Morgan fingerprint density at radius 3 is 2.25 bits per heavy atom. The van der Waals surface area contributed by atoms with E-state index in [0.29, 0.717) is 5.75 Å². The number of halogens is 3. The van der Waals surface area contributed by atoms with Crippen molar-refractivity contribution >= 4 is 18.7 Å². The Morgan fingerprint density at radius 1 is 1.19 bits per heavy atom. The van der Waals surface area contributed by atoms with Gasteiger partial charge in [-0.2, -0.15) is 11.8 Å². The van der Waals surface area contributed by atoms with E-state index in [-0.39, 0.29) is 57.1 Å². The second kappa shape index (κ2) is 8.00. The van der Waals surface area contributed by atoms with Gasteiger partial charge >= 0.3 is 58.4 Å². The molecule has 0 aliphatic carbocycles. The fourth-order valence-electron chi connectivity index (χ4n) is 0.969. The van der Waals surface area contributed by atoms with E-state index >= 15 is 0 Å². The van der Waals surface area contributed by atoms with Gasteiger partial charge in [-0.05, 0) is 11.3 Å². The number of thioether (sulfide) groups is 1. The molecule has 0 saturated heterocycles. The Morgan fingerprint density at radius 2 is 1.75 bits per heavy atom. The van der Waals surface area contributed by atoms with E-state index in [2.05, 4.69) is 6.58 Å². The molecule has 0 spiro atoms. The van der Waals surface area contributed by atoms with Crippen LogP contribution in [0.25, 0.3) is 0 Å². The number of benzene rings is 1. The van der Waals surface area contributed by atoms with Crippen LogP contribution in [0.4, 0.5) is 12.9 Å². The first-order valence-electron chi connectivity index (χ1n) is 4.49. The van der Waals surface area contributed by atoms with Crippen LogP contribution < -0.4 is 51.4 Å². The third-order valence-electron chi connectivity index (χ3n) is 1.86. The Labute approximate surface area is 141 Å². The minimum atomic E-state index is -4.87. The van der Waals surface area contributed by atoms with Crippen LogP contribution in [0, 0.1) is 0 Å². The maximum absolute atomic E-state index is 12.1. The maximum Gasteiger partial charge on any atom is 1.00 e. The van der Waals surface area contributed by atoms with Gasteiger partial charge in [-0.15, -0.1) is 12.1 Å². The van der Waals surface area contributed by atoms with Crippen LogP contribution in [-0.2, 0) is 5.75 Å². The molecule has 0 nitrogen and oxygen atoms in total. The van der Waals surface area contributed by atoms with E-state index in [9.17, 15) is 12.9 Å². The van der Waals surface area contributed by atoms with Gasteiger partial charge in [0.25, 0.3) is 0 Å². The quantitative estimate of drug-likeness (QED) is 0.715. The zero-order valence-corrected chi connectivity index (χ0v) is 13.1. The summed E-state index contributed by atoms with van der Waals surface area (Å²) >= 11 is 1.24. The minimum Gasteiger partial charge on any atom is -0.445 e. The molecule has 0 radical (unpaired) electrons. The smallest absolute Gasteiger partial charge is 0.445 e. The van der Waals surface area contributed by atoms with Gasteiger partial charge in [0.15, 0.2) is 0 Å². The van der Waals surface area contributed by atoms with Crippen molar-refractivity contribution in [3.05, 3.63) is 47.9 Å². The first-order chi connectivity index (χ1) is 7.00. The second-order valence-corrected chi connectivity index (χ2v) is 4.20. The Hall–Kier alpha value is 0.801. The van der Waals surface area contributed by atoms with E-state index in [4.69, 9.17) is 0 Å². The Balaban J connectivity index is 0.00000225. The summed E-state index contributed by atoms with van der Waals surface area (Å²) in [5.41, 5.74) is 0.418. The zero-order chi connectivity index (χ0) is 11.3. The predicted octanol–water partition coefficient (Wildman–Crippen LogP) is 0.867. The van der Waals surface area contributed by atoms with Crippen LogP contribution in [0.5, 0.6) is 0 Å². The van der Waals surface area contributed by atoms with Crippen LogP contribution in [0.15, 0.2) is 42.4 Å². The molecule has 1 rings (SSSR count). The largest absolute Gasteiger partial charge is 1.00 e. The van der Waals surface area contributed by atoms with Gasteiger partial charge in [0.05, 0.1) is 0 Å². The van der Waals surface area contributed by atoms with Gasteiger partial charge in [0, 0.05) is 5.75 Å². The molecule has 0 fully saturated rings. The molecule has 0 unspecified atom stereocenters. The van der Waals surface area contributed by atoms with Gasteiger partial charge in [0.2, 0.25) is 0 Å². The molecule has 0 amide bonds. The fourth-order valence-corrected chi connectivity index (χ4v) is 1.95. The molecule has 82 valence electrons. The Bertz CT molecular complexity index is 327. The maximum atomic E-state index is 12.1. The average molecular weight is 270 g/mol. The second-order valence-electron chi connectivity index (χ2n) is 3.21. The van der Waals surface area contributed by atoms with Gasteiger partial charge in [-0.1, -0.05) is 30.3 Å². The van der Waals surface area contributed by atoms with Crippen LogP contribution >= 0.6 is 11.8 Å². The van der Waals surface area contributed by atoms with E-state index in [0.717, 1.165) is 5.56 Å². The van der Waals surface area contributed by atoms with Crippen molar-refractivity contribution in [2.75, 3.05) is 5.75 Å². The van der Waals surface area contributed by atoms with Gasteiger partial charge in [-0.3, -0.25) is 0 Å². The van der Waals surface area contributed by atoms with E-state index in [1.54, 1.807) is 0 Å². The SMILES string of the molecule is C=C(CSCc1ccccc1)[B-](F)(F)F.[K+]. The summed E-state index contributed by atoms with van der Waals surface area (Å²) in [5, 5.41) is 0. The summed E-state index contributed by atoms with van der Waals surface area (Å²) in [6.45, 7) is -1.83. The van der Waals surface area contributed by atoms with Crippen molar-refractivity contribution in [2.24, 2.45) is 0 Å². The summed E-state index contributed by atoms with van der Waals surface area (Å²) in [6, 6.07) is 9.42. The van der Waals surface area contributed by atoms with Crippen molar-refractivity contribution < 1.29 is 64.3 Å². The van der Waals surface area contributed by atoms with Gasteiger partial charge in [0.1, 0.15) is 0 Å². The van der Waals surface area contributed by atoms with E-state index < -0.39 is 12.4 Å². The molecule has 0 heterocycles. The molecule has 0 saturated carbocycles. The summed E-state index contributed by atoms with van der Waals surface area (Å²) < 4.78 is 36.4. The van der Waals surface area contributed by atoms with Gasteiger partial charge in [-0.25, -0.2) is 0 Å². The summed E-state index contributed by atoms with van der Waals surface area (Å²) in [5.74, 6) is 0.546. The minimum absolute atomic E-state index is 0. The van der Waals surface area contributed by atoms with Crippen molar-refractivity contribution in [3.63, 3.8) is 0 Å². The molecule has 0 atom stereocenters. The normalized spacial score (nSPS) is 10.7. The average Bonchev–Trinajstić information content (AvgIpc) is 2.18. The molecular formula is C10H11BF3KS. The molecule has 0 aliphatic heterocycles. The first kappa shape index (κ1) is 16.8. The molecule has 16 heavy (non-hydrogen) atoms. The topological polar surface area (TPSA) is 0 Å². The van der Waals surface area contributed by atoms with Crippen molar-refractivity contribution in [1.29, 1.82) is 0 Å². The number of hydrogen-bond donors (Lipinski definition) is 0. The molecule has 0 aliphatic rings. The molecule has 1 aromatic carbocycles. The molecule has 6 heteroatoms. The van der Waals surface area contributed by atoms with Crippen LogP contribution in [-0.4, -0.2) is 12.7 Å². The van der Waals surface area contributed by atoms with Crippen LogP contribution in [0.2, 0.25) is 0 Å². The summed E-state index contributed by atoms with van der Waals surface area (Å²) in [7, 11) is 0. The molecular weight excluding hydrogens is 259 g/mol. The molecule has 0 N–H and O–H groups in total. The van der Waals surface area contributed by atoms with E-state index in [1.165, 1.54) is 11.8 Å². The third kappa shape index (κ3) is 6.52. The fraction of sp³-hybridized carbons (Fsp3) is 0.200. The monoisotopic (exact) mass is 270 g/mol. The molecule has 0 bridgehead atoms. The molecule has 1 aromatic rings. The number of hydrogen-bond acceptors (Lipinski definition) is 1. The van der Waals surface area contributed by atoms with Crippen molar-refractivity contribution in [2.45, 2.75) is 5.75 Å². The number of rotatable bonds is 5. The first-order valence-corrected chi connectivity index (χ1v) is 5.65. The van der Waals surface area contributed by atoms with Crippen LogP contribution in [0.3, 0.4) is 0 Å². The molecule has 0 aromatic heterocycles. The van der Waals surface area contributed by atoms with Crippen molar-refractivity contribution in [3.8, 4) is 0 Å². The standard InChI is InChI=1S/C10H11BF3S.K/c1-9(11(12,13)14)7-15-8-10-5-3-2-4-6-10;/h2-6H,1,7-8H2;/q-1;+1. The predicted molar refractivity (Wildman–Crippen MR) is 60.8 cm³/mol. The van der Waals surface area contributed by atoms with Gasteiger partial charge < -0.3 is 12.9 Å². The van der Waals surface area contributed by atoms with Crippen molar-refractivity contribution in [1.82, 2.24) is 0 Å².